The Morgan fingerprint density at radius 2 is 1.80 bits per heavy atom. The summed E-state index contributed by atoms with van der Waals surface area (Å²) in [5, 5.41) is 11.8. The maximum absolute atomic E-state index is 12.7. The van der Waals surface area contributed by atoms with Gasteiger partial charge in [-0.1, -0.05) is 0 Å². The first-order valence-corrected chi connectivity index (χ1v) is 9.05. The Hall–Kier alpha value is -2.88. The minimum absolute atomic E-state index is 0.133. The molecule has 0 bridgehead atoms. The largest absolute Gasteiger partial charge is 0.494 e. The standard InChI is InChI=1S/C15H18N6O3S/c1-4-24-12-5-7-13(8-6-12)25(22,23)19-14-11(2)20(3)18-15(14)21-9-16-17-10-21/h5-10,19H,4H2,1-3H3. The number of ether oxygens (including phenoxy) is 1. The van der Waals surface area contributed by atoms with Crippen LogP contribution in [0.15, 0.2) is 41.8 Å². The molecule has 0 aliphatic heterocycles. The van der Waals surface area contributed by atoms with E-state index < -0.39 is 10.0 Å². The number of aryl methyl sites for hydroxylation is 1. The molecule has 25 heavy (non-hydrogen) atoms. The Morgan fingerprint density at radius 3 is 2.40 bits per heavy atom. The van der Waals surface area contributed by atoms with Crippen LogP contribution in [0.25, 0.3) is 5.82 Å². The van der Waals surface area contributed by atoms with Crippen molar-refractivity contribution in [3.05, 3.63) is 42.6 Å². The summed E-state index contributed by atoms with van der Waals surface area (Å²) in [7, 11) is -2.05. The van der Waals surface area contributed by atoms with E-state index in [4.69, 9.17) is 4.74 Å². The zero-order valence-corrected chi connectivity index (χ0v) is 14.9. The smallest absolute Gasteiger partial charge is 0.262 e. The minimum Gasteiger partial charge on any atom is -0.494 e. The molecular formula is C15H18N6O3S. The van der Waals surface area contributed by atoms with E-state index in [1.165, 1.54) is 24.8 Å². The molecule has 0 atom stereocenters. The third-order valence-electron chi connectivity index (χ3n) is 3.66. The van der Waals surface area contributed by atoms with Crippen molar-refractivity contribution in [3.63, 3.8) is 0 Å². The zero-order chi connectivity index (χ0) is 18.0. The van der Waals surface area contributed by atoms with Gasteiger partial charge in [-0.25, -0.2) is 8.42 Å². The first-order chi connectivity index (χ1) is 11.9. The van der Waals surface area contributed by atoms with Gasteiger partial charge in [-0.15, -0.1) is 10.2 Å². The fourth-order valence-corrected chi connectivity index (χ4v) is 3.40. The number of nitrogens with one attached hydrogen (secondary N) is 1. The summed E-state index contributed by atoms with van der Waals surface area (Å²) in [4.78, 5) is 0.133. The molecular weight excluding hydrogens is 344 g/mol. The van der Waals surface area contributed by atoms with E-state index >= 15 is 0 Å². The summed E-state index contributed by atoms with van der Waals surface area (Å²) in [6.07, 6.45) is 2.91. The van der Waals surface area contributed by atoms with Gasteiger partial charge in [0.2, 0.25) is 0 Å². The number of hydrogen-bond donors (Lipinski definition) is 1. The molecule has 9 nitrogen and oxygen atoms in total. The van der Waals surface area contributed by atoms with Gasteiger partial charge in [-0.3, -0.25) is 14.0 Å². The molecule has 3 aromatic rings. The van der Waals surface area contributed by atoms with Crippen LogP contribution in [0.4, 0.5) is 5.69 Å². The molecule has 0 unspecified atom stereocenters. The van der Waals surface area contributed by atoms with Gasteiger partial charge in [0, 0.05) is 7.05 Å². The van der Waals surface area contributed by atoms with Crippen LogP contribution in [0, 0.1) is 6.92 Å². The van der Waals surface area contributed by atoms with E-state index in [9.17, 15) is 8.42 Å². The number of benzene rings is 1. The van der Waals surface area contributed by atoms with Crippen LogP contribution in [-0.2, 0) is 17.1 Å². The van der Waals surface area contributed by atoms with Crippen LogP contribution in [0.3, 0.4) is 0 Å². The Balaban J connectivity index is 1.96. The normalized spacial score (nSPS) is 11.5. The van der Waals surface area contributed by atoms with E-state index in [1.807, 2.05) is 6.92 Å². The SMILES string of the molecule is CCOc1ccc(S(=O)(=O)Nc2c(-n3cnnc3)nn(C)c2C)cc1. The maximum atomic E-state index is 12.7. The van der Waals surface area contributed by atoms with Gasteiger partial charge in [0.1, 0.15) is 24.1 Å². The Bertz CT molecular complexity index is 962. The average molecular weight is 362 g/mol. The maximum Gasteiger partial charge on any atom is 0.262 e. The molecule has 0 amide bonds. The van der Waals surface area contributed by atoms with Crippen molar-refractivity contribution < 1.29 is 13.2 Å². The van der Waals surface area contributed by atoms with E-state index in [0.717, 1.165) is 0 Å². The highest BCUT2D eigenvalue weighted by Gasteiger charge is 2.22. The lowest BCUT2D eigenvalue weighted by Crippen LogP contribution is -2.14. The predicted octanol–water partition coefficient (Wildman–Crippen LogP) is 1.51. The second kappa shape index (κ2) is 6.55. The first-order valence-electron chi connectivity index (χ1n) is 7.56. The summed E-state index contributed by atoms with van der Waals surface area (Å²) in [5.74, 6) is 1.02. The zero-order valence-electron chi connectivity index (χ0n) is 14.0. The molecule has 1 aromatic carbocycles. The van der Waals surface area contributed by atoms with Crippen LogP contribution in [0.2, 0.25) is 0 Å². The second-order valence-corrected chi connectivity index (χ2v) is 6.97. The van der Waals surface area contributed by atoms with Gasteiger partial charge in [0.25, 0.3) is 10.0 Å². The van der Waals surface area contributed by atoms with Crippen LogP contribution in [-0.4, -0.2) is 39.6 Å². The highest BCUT2D eigenvalue weighted by atomic mass is 32.2. The lowest BCUT2D eigenvalue weighted by Gasteiger charge is -2.10. The molecule has 1 N–H and O–H groups in total. The summed E-state index contributed by atoms with van der Waals surface area (Å²) in [6.45, 7) is 4.16. The van der Waals surface area contributed by atoms with E-state index in [2.05, 4.69) is 20.0 Å². The molecule has 0 spiro atoms. The van der Waals surface area contributed by atoms with E-state index in [0.29, 0.717) is 29.6 Å². The number of hydrogen-bond acceptors (Lipinski definition) is 6. The molecule has 2 heterocycles. The first kappa shape index (κ1) is 17.0. The molecule has 132 valence electrons. The van der Waals surface area contributed by atoms with Crippen molar-refractivity contribution >= 4 is 15.7 Å². The van der Waals surface area contributed by atoms with Crippen LogP contribution in [0.1, 0.15) is 12.6 Å². The number of nitrogens with zero attached hydrogens (tertiary/aromatic N) is 5. The van der Waals surface area contributed by atoms with Crippen molar-refractivity contribution in [2.45, 2.75) is 18.7 Å². The lowest BCUT2D eigenvalue weighted by molar-refractivity contribution is 0.340. The van der Waals surface area contributed by atoms with Gasteiger partial charge in [0.05, 0.1) is 17.2 Å². The van der Waals surface area contributed by atoms with Gasteiger partial charge >= 0.3 is 0 Å². The average Bonchev–Trinajstić information content (AvgIpc) is 3.20. The quantitative estimate of drug-likeness (QED) is 0.713. The Kier molecular flexibility index (Phi) is 4.45. The summed E-state index contributed by atoms with van der Waals surface area (Å²) in [5.41, 5.74) is 1.04. The molecule has 10 heteroatoms. The highest BCUT2D eigenvalue weighted by molar-refractivity contribution is 7.92. The van der Waals surface area contributed by atoms with Gasteiger partial charge in [-0.2, -0.15) is 5.10 Å². The predicted molar refractivity (Wildman–Crippen MR) is 91.3 cm³/mol. The van der Waals surface area contributed by atoms with Crippen molar-refractivity contribution in [3.8, 4) is 11.6 Å². The van der Waals surface area contributed by atoms with Crippen LogP contribution in [0.5, 0.6) is 5.75 Å². The van der Waals surface area contributed by atoms with Gasteiger partial charge < -0.3 is 4.74 Å². The molecule has 0 fully saturated rings. The topological polar surface area (TPSA) is 104 Å². The van der Waals surface area contributed by atoms with Gasteiger partial charge in [-0.05, 0) is 38.1 Å². The van der Waals surface area contributed by atoms with Crippen molar-refractivity contribution in [2.75, 3.05) is 11.3 Å². The van der Waals surface area contributed by atoms with Crippen molar-refractivity contribution in [1.82, 2.24) is 24.5 Å². The molecule has 2 aromatic heterocycles. The molecule has 0 radical (unpaired) electrons. The minimum atomic E-state index is -3.78. The lowest BCUT2D eigenvalue weighted by atomic mass is 10.3. The fourth-order valence-electron chi connectivity index (χ4n) is 2.28. The molecule has 0 aliphatic rings. The third kappa shape index (κ3) is 3.33. The van der Waals surface area contributed by atoms with Crippen LogP contribution < -0.4 is 9.46 Å². The molecule has 0 saturated carbocycles. The number of sulfonamides is 1. The highest BCUT2D eigenvalue weighted by Crippen LogP contribution is 2.26. The number of rotatable bonds is 6. The van der Waals surface area contributed by atoms with Crippen molar-refractivity contribution in [1.29, 1.82) is 0 Å². The third-order valence-corrected chi connectivity index (χ3v) is 5.03. The van der Waals surface area contributed by atoms with Crippen LogP contribution >= 0.6 is 0 Å². The molecule has 0 saturated heterocycles. The number of anilines is 1. The van der Waals surface area contributed by atoms with Crippen molar-refractivity contribution in [2.24, 2.45) is 7.05 Å². The molecule has 0 aliphatic carbocycles. The Labute approximate surface area is 145 Å². The Morgan fingerprint density at radius 1 is 1.16 bits per heavy atom. The molecule has 3 rings (SSSR count). The van der Waals surface area contributed by atoms with E-state index in [-0.39, 0.29) is 4.90 Å². The summed E-state index contributed by atoms with van der Waals surface area (Å²) < 4.78 is 36.5. The summed E-state index contributed by atoms with van der Waals surface area (Å²) >= 11 is 0. The summed E-state index contributed by atoms with van der Waals surface area (Å²) in [6, 6.07) is 6.23. The fraction of sp³-hybridized carbons (Fsp3) is 0.267. The monoisotopic (exact) mass is 362 g/mol. The number of aromatic nitrogens is 5. The van der Waals surface area contributed by atoms with E-state index in [1.54, 1.807) is 35.4 Å². The van der Waals surface area contributed by atoms with Gasteiger partial charge in [0.15, 0.2) is 5.82 Å². The second-order valence-electron chi connectivity index (χ2n) is 5.29.